The Hall–Kier alpha value is -0.880. The average Bonchev–Trinajstić information content (AvgIpc) is 2.86. The van der Waals surface area contributed by atoms with Crippen LogP contribution in [0.2, 0.25) is 0 Å². The first-order chi connectivity index (χ1) is 9.01. The Bertz CT molecular complexity index is 428. The molecule has 19 heavy (non-hydrogen) atoms. The Kier molecular flexibility index (Phi) is 4.62. The van der Waals surface area contributed by atoms with E-state index >= 15 is 0 Å². The molecule has 0 bridgehead atoms. The third-order valence-electron chi connectivity index (χ3n) is 4.20. The number of ether oxygens (including phenoxy) is 1. The van der Waals surface area contributed by atoms with Crippen LogP contribution in [0.15, 0.2) is 30.3 Å². The van der Waals surface area contributed by atoms with Crippen molar-refractivity contribution >= 4 is 18.5 Å². The summed E-state index contributed by atoms with van der Waals surface area (Å²) >= 11 is 0. The van der Waals surface area contributed by atoms with Gasteiger partial charge in [-0.2, -0.15) is 0 Å². The summed E-state index contributed by atoms with van der Waals surface area (Å²) < 4.78 is 5.24. The molecule has 1 radical (unpaired) electrons. The summed E-state index contributed by atoms with van der Waals surface area (Å²) in [5.74, 6) is 0.314. The van der Waals surface area contributed by atoms with Crippen molar-refractivity contribution in [1.29, 1.82) is 0 Å². The van der Waals surface area contributed by atoms with Crippen LogP contribution >= 0.6 is 7.26 Å². The van der Waals surface area contributed by atoms with Crippen molar-refractivity contribution in [1.82, 2.24) is 0 Å². The summed E-state index contributed by atoms with van der Waals surface area (Å²) in [7, 11) is -1.40. The molecule has 103 valence electrons. The lowest BCUT2D eigenvalue weighted by Gasteiger charge is -2.29. The molecule has 1 aliphatic carbocycles. The number of esters is 1. The van der Waals surface area contributed by atoms with Gasteiger partial charge in [0.25, 0.3) is 0 Å². The van der Waals surface area contributed by atoms with Crippen molar-refractivity contribution in [3.05, 3.63) is 37.0 Å². The highest BCUT2D eigenvalue weighted by Crippen LogP contribution is 2.63. The van der Waals surface area contributed by atoms with E-state index in [4.69, 9.17) is 4.74 Å². The molecular weight excluding hydrogens is 255 g/mol. The molecule has 0 amide bonds. The predicted molar refractivity (Wildman–Crippen MR) is 82.0 cm³/mol. The van der Waals surface area contributed by atoms with E-state index in [9.17, 15) is 4.79 Å². The lowest BCUT2D eigenvalue weighted by Crippen LogP contribution is -2.27. The maximum atomic E-state index is 11.0. The first kappa shape index (κ1) is 14.5. The van der Waals surface area contributed by atoms with Gasteiger partial charge in [0.05, 0.1) is 38.2 Å². The highest BCUT2D eigenvalue weighted by atomic mass is 31.2. The van der Waals surface area contributed by atoms with E-state index in [0.29, 0.717) is 18.2 Å². The molecule has 2 rings (SSSR count). The van der Waals surface area contributed by atoms with Gasteiger partial charge >= 0.3 is 5.97 Å². The smallest absolute Gasteiger partial charge is 0.302 e. The van der Waals surface area contributed by atoms with E-state index in [1.807, 2.05) is 0 Å². The second-order valence-electron chi connectivity index (χ2n) is 5.66. The van der Waals surface area contributed by atoms with E-state index in [-0.39, 0.29) is 5.97 Å². The number of hydrogen-bond donors (Lipinski definition) is 0. The van der Waals surface area contributed by atoms with E-state index in [1.165, 1.54) is 25.1 Å². The van der Waals surface area contributed by atoms with Gasteiger partial charge in [0, 0.05) is 12.8 Å². The van der Waals surface area contributed by atoms with E-state index in [1.54, 1.807) is 0 Å². The summed E-state index contributed by atoms with van der Waals surface area (Å²) in [5.41, 5.74) is 0.592. The molecule has 0 aliphatic heterocycles. The summed E-state index contributed by atoms with van der Waals surface area (Å²) in [6.45, 7) is 8.94. The van der Waals surface area contributed by atoms with Crippen LogP contribution in [0.1, 0.15) is 26.2 Å². The number of benzene rings is 1. The van der Waals surface area contributed by atoms with Gasteiger partial charge in [-0.3, -0.25) is 4.79 Å². The van der Waals surface area contributed by atoms with Crippen LogP contribution in [0.5, 0.6) is 0 Å². The topological polar surface area (TPSA) is 26.3 Å². The maximum absolute atomic E-state index is 11.0. The molecule has 1 saturated carbocycles. The van der Waals surface area contributed by atoms with E-state index < -0.39 is 7.26 Å². The largest absolute Gasteiger partial charge is 0.465 e. The minimum atomic E-state index is -1.40. The molecule has 2 nitrogen and oxygen atoms in total. The Morgan fingerprint density at radius 1 is 1.37 bits per heavy atom. The normalized spacial score (nSPS) is 23.3. The van der Waals surface area contributed by atoms with Gasteiger partial charge in [0.15, 0.2) is 0 Å². The van der Waals surface area contributed by atoms with Crippen molar-refractivity contribution in [2.45, 2.75) is 31.8 Å². The minimum absolute atomic E-state index is 0.172. The number of carbonyl (C=O) groups excluding carboxylic acids is 1. The quantitative estimate of drug-likeness (QED) is 0.622. The monoisotopic (exact) mass is 278 g/mol. The molecule has 3 atom stereocenters. The number of carbonyl (C=O) groups is 1. The molecule has 0 saturated heterocycles. The molecule has 0 aromatic heterocycles. The fraction of sp³-hybridized carbons (Fsp3) is 0.500. The third kappa shape index (κ3) is 3.36. The molecule has 3 unspecified atom stereocenters. The SMILES string of the molecule is [CH2][P+](C)(c1ccccc1)C1CCCC1COC(C)=O. The predicted octanol–water partition coefficient (Wildman–Crippen LogP) is 3.48. The van der Waals surface area contributed by atoms with Crippen LogP contribution in [-0.4, -0.2) is 24.9 Å². The highest BCUT2D eigenvalue weighted by molar-refractivity contribution is 7.84. The Labute approximate surface area is 116 Å². The minimum Gasteiger partial charge on any atom is -0.465 e. The lowest BCUT2D eigenvalue weighted by molar-refractivity contribution is -0.142. The standard InChI is InChI=1S/C16H23O2P/c1-13(17)18-12-14-8-7-11-16(14)19(2,3)15-9-5-4-6-10-15/h4-6,9-10,14,16H,2,7-8,11-12H2,1,3H3/q+1. The van der Waals surface area contributed by atoms with Gasteiger partial charge < -0.3 is 4.74 Å². The van der Waals surface area contributed by atoms with Gasteiger partial charge in [-0.15, -0.1) is 0 Å². The van der Waals surface area contributed by atoms with Crippen LogP contribution in [0, 0.1) is 12.6 Å². The van der Waals surface area contributed by atoms with Crippen LogP contribution in [0.25, 0.3) is 0 Å². The Morgan fingerprint density at radius 2 is 2.05 bits per heavy atom. The second kappa shape index (κ2) is 6.05. The third-order valence-corrected chi connectivity index (χ3v) is 7.82. The van der Waals surface area contributed by atoms with Crippen LogP contribution in [0.4, 0.5) is 0 Å². The summed E-state index contributed by atoms with van der Waals surface area (Å²) in [4.78, 5) is 11.0. The molecule has 3 heteroatoms. The molecule has 1 aromatic carbocycles. The van der Waals surface area contributed by atoms with Crippen LogP contribution < -0.4 is 5.30 Å². The molecule has 0 heterocycles. The van der Waals surface area contributed by atoms with Crippen LogP contribution in [0.3, 0.4) is 0 Å². The number of hydrogen-bond acceptors (Lipinski definition) is 2. The van der Waals surface area contributed by atoms with Crippen molar-refractivity contribution in [2.75, 3.05) is 13.3 Å². The second-order valence-corrected chi connectivity index (χ2v) is 9.38. The average molecular weight is 278 g/mol. The summed E-state index contributed by atoms with van der Waals surface area (Å²) in [6, 6.07) is 10.6. The van der Waals surface area contributed by atoms with Crippen molar-refractivity contribution in [3.63, 3.8) is 0 Å². The maximum Gasteiger partial charge on any atom is 0.302 e. The van der Waals surface area contributed by atoms with Gasteiger partial charge in [-0.05, 0) is 31.4 Å². The van der Waals surface area contributed by atoms with Crippen molar-refractivity contribution < 1.29 is 9.53 Å². The highest BCUT2D eigenvalue weighted by Gasteiger charge is 2.46. The van der Waals surface area contributed by atoms with Gasteiger partial charge in [0.1, 0.15) is 0 Å². The zero-order chi connectivity index (χ0) is 13.9. The molecular formula is C16H23O2P+. The fourth-order valence-electron chi connectivity index (χ4n) is 3.15. The van der Waals surface area contributed by atoms with E-state index in [0.717, 1.165) is 6.42 Å². The van der Waals surface area contributed by atoms with Crippen molar-refractivity contribution in [2.24, 2.45) is 5.92 Å². The fourth-order valence-corrected chi connectivity index (χ4v) is 6.30. The zero-order valence-electron chi connectivity index (χ0n) is 11.8. The number of rotatable bonds is 4. The lowest BCUT2D eigenvalue weighted by atomic mass is 10.1. The molecule has 1 fully saturated rings. The van der Waals surface area contributed by atoms with Gasteiger partial charge in [0.2, 0.25) is 0 Å². The molecule has 0 N–H and O–H groups in total. The van der Waals surface area contributed by atoms with E-state index in [2.05, 4.69) is 43.7 Å². The first-order valence-corrected chi connectivity index (χ1v) is 9.40. The summed E-state index contributed by atoms with van der Waals surface area (Å²) in [6.07, 6.45) is 3.61. The van der Waals surface area contributed by atoms with Crippen molar-refractivity contribution in [3.8, 4) is 0 Å². The van der Waals surface area contributed by atoms with Crippen LogP contribution in [-0.2, 0) is 9.53 Å². The zero-order valence-corrected chi connectivity index (χ0v) is 12.7. The van der Waals surface area contributed by atoms with Gasteiger partial charge in [-0.25, -0.2) is 0 Å². The summed E-state index contributed by atoms with van der Waals surface area (Å²) in [5, 5.41) is 1.38. The first-order valence-electron chi connectivity index (χ1n) is 6.91. The Morgan fingerprint density at radius 3 is 2.68 bits per heavy atom. The Balaban J connectivity index is 2.12. The van der Waals surface area contributed by atoms with Gasteiger partial charge in [-0.1, -0.05) is 18.2 Å². The molecule has 1 aromatic rings. The molecule has 1 aliphatic rings. The molecule has 0 spiro atoms.